The van der Waals surface area contributed by atoms with Gasteiger partial charge in [-0.15, -0.1) is 0 Å². The fourth-order valence-electron chi connectivity index (χ4n) is 4.04. The van der Waals surface area contributed by atoms with Crippen LogP contribution in [0.25, 0.3) is 11.3 Å². The van der Waals surface area contributed by atoms with E-state index < -0.39 is 11.9 Å². The molecule has 2 saturated heterocycles. The van der Waals surface area contributed by atoms with Crippen LogP contribution in [0.15, 0.2) is 12.4 Å². The number of carbonyl (C=O) groups is 1. The lowest BCUT2D eigenvalue weighted by Gasteiger charge is -2.32. The van der Waals surface area contributed by atoms with Gasteiger partial charge in [0.2, 0.25) is 11.9 Å². The average molecular weight is 435 g/mol. The van der Waals surface area contributed by atoms with Gasteiger partial charge >= 0.3 is 6.18 Å². The summed E-state index contributed by atoms with van der Waals surface area (Å²) < 4.78 is 43.2. The summed E-state index contributed by atoms with van der Waals surface area (Å²) in [5, 5.41) is 7.44. The first kappa shape index (κ1) is 20.2. The number of piperazine rings is 1. The smallest absolute Gasteiger partial charge is 0.341 e. The Balaban J connectivity index is 1.48. The molecule has 0 atom stereocenters. The fourth-order valence-corrected chi connectivity index (χ4v) is 4.04. The number of anilines is 1. The molecule has 0 radical (unpaired) electrons. The summed E-state index contributed by atoms with van der Waals surface area (Å²) in [5.74, 6) is -0.135. The second-order valence-electron chi connectivity index (χ2n) is 8.30. The van der Waals surface area contributed by atoms with E-state index in [1.807, 2.05) is 0 Å². The first-order chi connectivity index (χ1) is 14.9. The highest BCUT2D eigenvalue weighted by Crippen LogP contribution is 2.49. The van der Waals surface area contributed by atoms with Crippen molar-refractivity contribution in [3.8, 4) is 11.3 Å². The number of hydrogen-bond donors (Lipinski definition) is 1. The molecule has 4 heterocycles. The Morgan fingerprint density at radius 1 is 1.13 bits per heavy atom. The molecule has 2 aromatic heterocycles. The molecule has 2 aromatic rings. The number of alkyl halides is 3. The highest BCUT2D eigenvalue weighted by Gasteiger charge is 2.43. The molecule has 8 nitrogen and oxygen atoms in total. The molecule has 0 spiro atoms. The SMILES string of the molecule is O=C(Cn1cc(-c2nc(N3CCC3)nc(C(F)(F)F)c2C2CC2)cn1)N1CCNCC1. The van der Waals surface area contributed by atoms with Crippen LogP contribution in [0.1, 0.15) is 36.4 Å². The minimum Gasteiger partial charge on any atom is -0.341 e. The molecule has 5 rings (SSSR count). The van der Waals surface area contributed by atoms with Crippen LogP contribution < -0.4 is 10.2 Å². The standard InChI is InChI=1S/C20H24F3N7O/c21-20(22,23)18-16(13-2-3-13)17(26-19(27-18)29-6-1-7-29)14-10-25-30(11-14)12-15(31)28-8-4-24-5-9-28/h10-11,13,24H,1-9,12H2. The van der Waals surface area contributed by atoms with E-state index in [4.69, 9.17) is 0 Å². The second kappa shape index (κ2) is 7.77. The van der Waals surface area contributed by atoms with Crippen molar-refractivity contribution < 1.29 is 18.0 Å². The van der Waals surface area contributed by atoms with Gasteiger partial charge in [0.15, 0.2) is 5.69 Å². The number of nitrogens with zero attached hydrogens (tertiary/aromatic N) is 6. The Kier molecular flexibility index (Phi) is 5.07. The van der Waals surface area contributed by atoms with Gasteiger partial charge in [-0.2, -0.15) is 18.3 Å². The third kappa shape index (κ3) is 4.10. The largest absolute Gasteiger partial charge is 0.433 e. The van der Waals surface area contributed by atoms with Gasteiger partial charge < -0.3 is 15.1 Å². The normalized spacial score (nSPS) is 19.5. The van der Waals surface area contributed by atoms with Crippen LogP contribution in [0.5, 0.6) is 0 Å². The Hall–Kier alpha value is -2.69. The van der Waals surface area contributed by atoms with Crippen LogP contribution in [-0.2, 0) is 17.5 Å². The van der Waals surface area contributed by atoms with Gasteiger partial charge in [-0.05, 0) is 25.2 Å². The predicted octanol–water partition coefficient (Wildman–Crippen LogP) is 1.88. The molecule has 1 amide bonds. The third-order valence-electron chi connectivity index (χ3n) is 6.00. The van der Waals surface area contributed by atoms with Crippen molar-refractivity contribution in [2.24, 2.45) is 0 Å². The molecule has 2 aliphatic heterocycles. The number of nitrogens with one attached hydrogen (secondary N) is 1. The van der Waals surface area contributed by atoms with E-state index in [1.54, 1.807) is 16.0 Å². The quantitative estimate of drug-likeness (QED) is 0.773. The zero-order chi connectivity index (χ0) is 21.6. The van der Waals surface area contributed by atoms with E-state index in [1.165, 1.54) is 10.9 Å². The van der Waals surface area contributed by atoms with Gasteiger partial charge in [0.1, 0.15) is 6.54 Å². The summed E-state index contributed by atoms with van der Waals surface area (Å²) in [5.41, 5.74) is 0.0913. The molecule has 166 valence electrons. The Morgan fingerprint density at radius 2 is 1.87 bits per heavy atom. The van der Waals surface area contributed by atoms with Gasteiger partial charge in [0.05, 0.1) is 11.9 Å². The summed E-state index contributed by atoms with van der Waals surface area (Å²) in [6, 6.07) is 0. The number of aromatic nitrogens is 4. The van der Waals surface area contributed by atoms with Crippen LogP contribution in [0, 0.1) is 0 Å². The molecule has 1 N–H and O–H groups in total. The maximum Gasteiger partial charge on any atom is 0.433 e. The fraction of sp³-hybridized carbons (Fsp3) is 0.600. The maximum atomic E-state index is 13.9. The van der Waals surface area contributed by atoms with Crippen molar-refractivity contribution in [2.45, 2.75) is 37.9 Å². The van der Waals surface area contributed by atoms with Gasteiger partial charge in [-0.1, -0.05) is 0 Å². The molecule has 1 aliphatic carbocycles. The van der Waals surface area contributed by atoms with Gasteiger partial charge in [0.25, 0.3) is 0 Å². The van der Waals surface area contributed by atoms with Crippen LogP contribution >= 0.6 is 0 Å². The number of carbonyl (C=O) groups excluding carboxylic acids is 1. The molecular formula is C20H24F3N7O. The van der Waals surface area contributed by atoms with Gasteiger partial charge in [-0.3, -0.25) is 9.48 Å². The molecule has 0 unspecified atom stereocenters. The molecule has 11 heteroatoms. The van der Waals surface area contributed by atoms with Crippen LogP contribution in [0.2, 0.25) is 0 Å². The van der Waals surface area contributed by atoms with Gasteiger partial charge in [0, 0.05) is 56.6 Å². The molecule has 3 aliphatic rings. The summed E-state index contributed by atoms with van der Waals surface area (Å²) in [4.78, 5) is 24.5. The topological polar surface area (TPSA) is 79.2 Å². The number of rotatable bonds is 5. The number of amides is 1. The van der Waals surface area contributed by atoms with Gasteiger partial charge in [-0.25, -0.2) is 9.97 Å². The van der Waals surface area contributed by atoms with Crippen molar-refractivity contribution in [3.05, 3.63) is 23.7 Å². The molecule has 3 fully saturated rings. The van der Waals surface area contributed by atoms with Crippen molar-refractivity contribution in [1.29, 1.82) is 0 Å². The van der Waals surface area contributed by atoms with Crippen LogP contribution in [0.4, 0.5) is 19.1 Å². The van der Waals surface area contributed by atoms with E-state index in [0.29, 0.717) is 44.6 Å². The summed E-state index contributed by atoms with van der Waals surface area (Å²) >= 11 is 0. The first-order valence-electron chi connectivity index (χ1n) is 10.7. The Morgan fingerprint density at radius 3 is 2.48 bits per heavy atom. The zero-order valence-electron chi connectivity index (χ0n) is 17.0. The summed E-state index contributed by atoms with van der Waals surface area (Å²) in [6.45, 7) is 4.13. The lowest BCUT2D eigenvalue weighted by atomic mass is 10.0. The average Bonchev–Trinajstić information content (AvgIpc) is 3.44. The maximum absolute atomic E-state index is 13.9. The third-order valence-corrected chi connectivity index (χ3v) is 6.00. The monoisotopic (exact) mass is 435 g/mol. The van der Waals surface area contributed by atoms with Crippen molar-refractivity contribution in [3.63, 3.8) is 0 Å². The lowest BCUT2D eigenvalue weighted by Crippen LogP contribution is -2.47. The van der Waals surface area contributed by atoms with Crippen LogP contribution in [-0.4, -0.2) is 69.8 Å². The van der Waals surface area contributed by atoms with E-state index >= 15 is 0 Å². The Labute approximate surface area is 177 Å². The lowest BCUT2D eigenvalue weighted by molar-refractivity contribution is -0.141. The van der Waals surface area contributed by atoms with E-state index in [9.17, 15) is 18.0 Å². The van der Waals surface area contributed by atoms with E-state index in [2.05, 4.69) is 20.4 Å². The molecule has 1 saturated carbocycles. The molecule has 0 aromatic carbocycles. The van der Waals surface area contributed by atoms with Crippen molar-refractivity contribution in [1.82, 2.24) is 30.0 Å². The minimum absolute atomic E-state index is 0.0506. The predicted molar refractivity (Wildman–Crippen MR) is 107 cm³/mol. The number of halogens is 3. The Bertz CT molecular complexity index is 976. The molecule has 31 heavy (non-hydrogen) atoms. The van der Waals surface area contributed by atoms with Crippen molar-refractivity contribution in [2.75, 3.05) is 44.2 Å². The molecule has 0 bridgehead atoms. The first-order valence-corrected chi connectivity index (χ1v) is 10.7. The highest BCUT2D eigenvalue weighted by molar-refractivity contribution is 5.76. The molecular weight excluding hydrogens is 411 g/mol. The van der Waals surface area contributed by atoms with Crippen LogP contribution in [0.3, 0.4) is 0 Å². The second-order valence-corrected chi connectivity index (χ2v) is 8.30. The van der Waals surface area contributed by atoms with E-state index in [0.717, 1.165) is 19.5 Å². The minimum atomic E-state index is -4.55. The summed E-state index contributed by atoms with van der Waals surface area (Å²) in [6.07, 6.45) is 0.865. The zero-order valence-corrected chi connectivity index (χ0v) is 17.0. The highest BCUT2D eigenvalue weighted by atomic mass is 19.4. The number of hydrogen-bond acceptors (Lipinski definition) is 6. The van der Waals surface area contributed by atoms with E-state index in [-0.39, 0.29) is 35.6 Å². The summed E-state index contributed by atoms with van der Waals surface area (Å²) in [7, 11) is 0. The van der Waals surface area contributed by atoms with Crippen molar-refractivity contribution >= 4 is 11.9 Å².